The van der Waals surface area contributed by atoms with E-state index in [9.17, 15) is 5.11 Å². The molecule has 2 rings (SSSR count). The van der Waals surface area contributed by atoms with Gasteiger partial charge in [-0.3, -0.25) is 0 Å². The highest BCUT2D eigenvalue weighted by atomic mass is 16.3. The highest BCUT2D eigenvalue weighted by molar-refractivity contribution is 5.51. The summed E-state index contributed by atoms with van der Waals surface area (Å²) >= 11 is 0. The maximum Gasteiger partial charge on any atom is 0.134 e. The SMILES string of the molecule is CCc1nc(NC)cc(N2CC(O)CC2CN(C)C)n1. The lowest BCUT2D eigenvalue weighted by Crippen LogP contribution is -2.38. The number of hydrogen-bond acceptors (Lipinski definition) is 6. The van der Waals surface area contributed by atoms with Gasteiger partial charge in [0.05, 0.1) is 6.10 Å². The molecule has 0 saturated carbocycles. The summed E-state index contributed by atoms with van der Waals surface area (Å²) < 4.78 is 0. The van der Waals surface area contributed by atoms with E-state index >= 15 is 0 Å². The quantitative estimate of drug-likeness (QED) is 0.822. The molecule has 1 fully saturated rings. The molecule has 0 aliphatic carbocycles. The van der Waals surface area contributed by atoms with Gasteiger partial charge in [0, 0.05) is 38.7 Å². The molecule has 2 unspecified atom stereocenters. The van der Waals surface area contributed by atoms with Crippen LogP contribution in [0.2, 0.25) is 0 Å². The van der Waals surface area contributed by atoms with Gasteiger partial charge < -0.3 is 20.2 Å². The zero-order valence-electron chi connectivity index (χ0n) is 12.8. The van der Waals surface area contributed by atoms with Gasteiger partial charge in [0.2, 0.25) is 0 Å². The number of hydrogen-bond donors (Lipinski definition) is 2. The molecule has 0 bridgehead atoms. The third-order valence-corrected chi connectivity index (χ3v) is 3.59. The minimum atomic E-state index is -0.280. The molecule has 2 N–H and O–H groups in total. The normalized spacial score (nSPS) is 22.6. The van der Waals surface area contributed by atoms with E-state index in [1.165, 1.54) is 0 Å². The van der Waals surface area contributed by atoms with Crippen LogP contribution in [0.5, 0.6) is 0 Å². The molecule has 2 heterocycles. The number of nitrogens with one attached hydrogen (secondary N) is 1. The van der Waals surface area contributed by atoms with Crippen molar-refractivity contribution in [1.82, 2.24) is 14.9 Å². The molecule has 1 aromatic rings. The Morgan fingerprint density at radius 2 is 2.20 bits per heavy atom. The molecule has 0 amide bonds. The molecule has 1 aliphatic rings. The van der Waals surface area contributed by atoms with Crippen molar-refractivity contribution in [3.8, 4) is 0 Å². The third-order valence-electron chi connectivity index (χ3n) is 3.59. The van der Waals surface area contributed by atoms with E-state index in [1.54, 1.807) is 0 Å². The number of aliphatic hydroxyl groups excluding tert-OH is 1. The van der Waals surface area contributed by atoms with Gasteiger partial charge in [0.1, 0.15) is 17.5 Å². The molecule has 6 heteroatoms. The number of β-amino-alcohol motifs (C(OH)–C–C–N with tert-alkyl or cyclic N) is 1. The summed E-state index contributed by atoms with van der Waals surface area (Å²) in [5.41, 5.74) is 0. The average Bonchev–Trinajstić information content (AvgIpc) is 2.78. The minimum absolute atomic E-state index is 0.280. The Kier molecular flexibility index (Phi) is 4.77. The van der Waals surface area contributed by atoms with Crippen LogP contribution in [-0.2, 0) is 6.42 Å². The van der Waals surface area contributed by atoms with Crippen molar-refractivity contribution < 1.29 is 5.11 Å². The van der Waals surface area contributed by atoms with Crippen molar-refractivity contribution in [2.75, 3.05) is 44.4 Å². The summed E-state index contributed by atoms with van der Waals surface area (Å²) in [4.78, 5) is 13.4. The van der Waals surface area contributed by atoms with Crippen molar-refractivity contribution in [1.29, 1.82) is 0 Å². The predicted molar refractivity (Wildman–Crippen MR) is 81.3 cm³/mol. The van der Waals surface area contributed by atoms with Crippen LogP contribution in [0, 0.1) is 0 Å². The van der Waals surface area contributed by atoms with Gasteiger partial charge in [-0.25, -0.2) is 9.97 Å². The lowest BCUT2D eigenvalue weighted by atomic mass is 10.2. The zero-order valence-corrected chi connectivity index (χ0v) is 12.8. The summed E-state index contributed by atoms with van der Waals surface area (Å²) in [7, 11) is 5.97. The van der Waals surface area contributed by atoms with Gasteiger partial charge in [0.15, 0.2) is 0 Å². The molecule has 20 heavy (non-hydrogen) atoms. The first-order chi connectivity index (χ1) is 9.53. The van der Waals surface area contributed by atoms with Gasteiger partial charge in [-0.1, -0.05) is 6.92 Å². The standard InChI is InChI=1S/C14H25N5O/c1-5-12-16-13(15-2)7-14(17-12)19-9-11(20)6-10(19)8-18(3)4/h7,10-11,20H,5-6,8-9H2,1-4H3,(H,15,16,17). The van der Waals surface area contributed by atoms with Gasteiger partial charge in [-0.2, -0.15) is 0 Å². The summed E-state index contributed by atoms with van der Waals surface area (Å²) in [5.74, 6) is 2.57. The maximum atomic E-state index is 9.98. The second-order valence-corrected chi connectivity index (χ2v) is 5.59. The number of aryl methyl sites for hydroxylation is 1. The van der Waals surface area contributed by atoms with Gasteiger partial charge >= 0.3 is 0 Å². The highest BCUT2D eigenvalue weighted by Gasteiger charge is 2.32. The minimum Gasteiger partial charge on any atom is -0.391 e. The number of aliphatic hydroxyl groups is 1. The molecule has 1 aromatic heterocycles. The number of likely N-dealkylation sites (N-methyl/N-ethyl adjacent to an activating group) is 1. The smallest absolute Gasteiger partial charge is 0.134 e. The van der Waals surface area contributed by atoms with Crippen molar-refractivity contribution in [2.45, 2.75) is 31.9 Å². The van der Waals surface area contributed by atoms with Crippen molar-refractivity contribution >= 4 is 11.6 Å². The van der Waals surface area contributed by atoms with Crippen LogP contribution < -0.4 is 10.2 Å². The van der Waals surface area contributed by atoms with Gasteiger partial charge in [0.25, 0.3) is 0 Å². The monoisotopic (exact) mass is 279 g/mol. The lowest BCUT2D eigenvalue weighted by Gasteiger charge is -2.28. The number of nitrogens with zero attached hydrogens (tertiary/aromatic N) is 4. The Morgan fingerprint density at radius 1 is 1.45 bits per heavy atom. The fourth-order valence-electron chi connectivity index (χ4n) is 2.68. The Bertz CT molecular complexity index is 429. The summed E-state index contributed by atoms with van der Waals surface area (Å²) in [6.45, 7) is 3.61. The summed E-state index contributed by atoms with van der Waals surface area (Å²) in [6.07, 6.45) is 1.31. The topological polar surface area (TPSA) is 64.5 Å². The van der Waals surface area contributed by atoms with E-state index < -0.39 is 0 Å². The zero-order chi connectivity index (χ0) is 14.7. The van der Waals surface area contributed by atoms with Crippen molar-refractivity contribution in [3.63, 3.8) is 0 Å². The Hall–Kier alpha value is -1.40. The van der Waals surface area contributed by atoms with Crippen LogP contribution >= 0.6 is 0 Å². The molecular weight excluding hydrogens is 254 g/mol. The second kappa shape index (κ2) is 6.37. The van der Waals surface area contributed by atoms with Crippen LogP contribution in [0.4, 0.5) is 11.6 Å². The Morgan fingerprint density at radius 3 is 2.80 bits per heavy atom. The molecular formula is C14H25N5O. The Balaban J connectivity index is 2.28. The van der Waals surface area contributed by atoms with Gasteiger partial charge in [-0.15, -0.1) is 0 Å². The number of rotatable bonds is 5. The van der Waals surface area contributed by atoms with E-state index in [0.717, 1.165) is 36.8 Å². The molecule has 112 valence electrons. The number of aromatic nitrogens is 2. The fraction of sp³-hybridized carbons (Fsp3) is 0.714. The molecule has 6 nitrogen and oxygen atoms in total. The van der Waals surface area contributed by atoms with Crippen LogP contribution in [-0.4, -0.2) is 66.4 Å². The lowest BCUT2D eigenvalue weighted by molar-refractivity contribution is 0.191. The largest absolute Gasteiger partial charge is 0.391 e. The first-order valence-electron chi connectivity index (χ1n) is 7.18. The molecule has 0 radical (unpaired) electrons. The van der Waals surface area contributed by atoms with E-state index in [-0.39, 0.29) is 6.10 Å². The first kappa shape index (κ1) is 15.0. The molecule has 2 atom stereocenters. The van der Waals surface area contributed by atoms with Crippen LogP contribution in [0.1, 0.15) is 19.2 Å². The van der Waals surface area contributed by atoms with Gasteiger partial charge in [-0.05, 0) is 20.5 Å². The van der Waals surface area contributed by atoms with Crippen molar-refractivity contribution in [2.24, 2.45) is 0 Å². The van der Waals surface area contributed by atoms with E-state index in [2.05, 4.69) is 46.1 Å². The fourth-order valence-corrected chi connectivity index (χ4v) is 2.68. The molecule has 0 aromatic carbocycles. The molecule has 1 aliphatic heterocycles. The summed E-state index contributed by atoms with van der Waals surface area (Å²) in [5, 5.41) is 13.1. The predicted octanol–water partition coefficient (Wildman–Crippen LogP) is 0.582. The van der Waals surface area contributed by atoms with E-state index in [4.69, 9.17) is 0 Å². The maximum absolute atomic E-state index is 9.98. The first-order valence-corrected chi connectivity index (χ1v) is 7.18. The second-order valence-electron chi connectivity index (χ2n) is 5.59. The number of anilines is 2. The average molecular weight is 279 g/mol. The molecule has 1 saturated heterocycles. The van der Waals surface area contributed by atoms with E-state index in [0.29, 0.717) is 12.6 Å². The Labute approximate surface area is 120 Å². The third kappa shape index (κ3) is 3.37. The molecule has 0 spiro atoms. The van der Waals surface area contributed by atoms with Crippen LogP contribution in [0.25, 0.3) is 0 Å². The van der Waals surface area contributed by atoms with E-state index in [1.807, 2.05) is 13.1 Å². The van der Waals surface area contributed by atoms with Crippen LogP contribution in [0.3, 0.4) is 0 Å². The van der Waals surface area contributed by atoms with Crippen LogP contribution in [0.15, 0.2) is 6.07 Å². The van der Waals surface area contributed by atoms with Crippen molar-refractivity contribution in [3.05, 3.63) is 11.9 Å². The highest BCUT2D eigenvalue weighted by Crippen LogP contribution is 2.26. The summed E-state index contributed by atoms with van der Waals surface area (Å²) in [6, 6.07) is 2.25.